The molecule has 1 heterocycles. The van der Waals surface area contributed by atoms with E-state index in [1.807, 2.05) is 6.92 Å². The molecule has 0 unspecified atom stereocenters. The van der Waals surface area contributed by atoms with Gasteiger partial charge in [0.25, 0.3) is 0 Å². The number of hydrogen-bond acceptors (Lipinski definition) is 3. The summed E-state index contributed by atoms with van der Waals surface area (Å²) in [5.41, 5.74) is 1.54. The molecule has 23 heavy (non-hydrogen) atoms. The highest BCUT2D eigenvalue weighted by molar-refractivity contribution is 5.88. The first-order chi connectivity index (χ1) is 11.0. The molecular weight excluding hydrogens is 300 g/mol. The standard InChI is InChI=1S/C18H15F2NO2/c1-10-7-15(18-12(19)5-4-6-13(18)20)21-14-9-17(23-3)16(22-2)8-11(10)14/h4-9H,1-3H3. The number of ether oxygens (including phenoxy) is 2. The normalized spacial score (nSPS) is 10.8. The number of aromatic nitrogens is 1. The Hall–Kier alpha value is -2.69. The molecule has 0 saturated heterocycles. The molecule has 0 radical (unpaired) electrons. The van der Waals surface area contributed by atoms with Crippen LogP contribution < -0.4 is 9.47 Å². The summed E-state index contributed by atoms with van der Waals surface area (Å²) >= 11 is 0. The van der Waals surface area contributed by atoms with Gasteiger partial charge in [0.2, 0.25) is 0 Å². The number of halogens is 2. The summed E-state index contributed by atoms with van der Waals surface area (Å²) < 4.78 is 38.6. The van der Waals surface area contributed by atoms with Crippen molar-refractivity contribution in [2.24, 2.45) is 0 Å². The van der Waals surface area contributed by atoms with Crippen molar-refractivity contribution in [3.63, 3.8) is 0 Å². The van der Waals surface area contributed by atoms with Gasteiger partial charge in [0.1, 0.15) is 11.6 Å². The molecular formula is C18H15F2NO2. The lowest BCUT2D eigenvalue weighted by atomic mass is 10.0. The van der Waals surface area contributed by atoms with E-state index in [9.17, 15) is 8.78 Å². The lowest BCUT2D eigenvalue weighted by Crippen LogP contribution is -1.96. The van der Waals surface area contributed by atoms with Crippen LogP contribution in [0.3, 0.4) is 0 Å². The van der Waals surface area contributed by atoms with Crippen molar-refractivity contribution in [1.29, 1.82) is 0 Å². The summed E-state index contributed by atoms with van der Waals surface area (Å²) in [6, 6.07) is 8.93. The van der Waals surface area contributed by atoms with Crippen LogP contribution in [0.15, 0.2) is 36.4 Å². The van der Waals surface area contributed by atoms with E-state index in [1.165, 1.54) is 25.3 Å². The monoisotopic (exact) mass is 315 g/mol. The third kappa shape index (κ3) is 2.59. The molecule has 3 nitrogen and oxygen atoms in total. The van der Waals surface area contributed by atoms with Crippen molar-refractivity contribution in [2.45, 2.75) is 6.92 Å². The second-order valence-corrected chi connectivity index (χ2v) is 5.15. The zero-order valence-corrected chi connectivity index (χ0v) is 13.0. The van der Waals surface area contributed by atoms with Crippen LogP contribution in [0.25, 0.3) is 22.2 Å². The highest BCUT2D eigenvalue weighted by Gasteiger charge is 2.15. The maximum Gasteiger partial charge on any atom is 0.162 e. The van der Waals surface area contributed by atoms with Crippen molar-refractivity contribution >= 4 is 10.9 Å². The van der Waals surface area contributed by atoms with Crippen molar-refractivity contribution < 1.29 is 18.3 Å². The fraction of sp³-hybridized carbons (Fsp3) is 0.167. The van der Waals surface area contributed by atoms with E-state index in [1.54, 1.807) is 25.3 Å². The molecule has 0 amide bonds. The van der Waals surface area contributed by atoms with Crippen LogP contribution in [0.4, 0.5) is 8.78 Å². The fourth-order valence-corrected chi connectivity index (χ4v) is 2.59. The lowest BCUT2D eigenvalue weighted by molar-refractivity contribution is 0.356. The van der Waals surface area contributed by atoms with Crippen LogP contribution in [0.5, 0.6) is 11.5 Å². The van der Waals surface area contributed by atoms with E-state index in [-0.39, 0.29) is 11.3 Å². The van der Waals surface area contributed by atoms with E-state index in [0.29, 0.717) is 17.0 Å². The highest BCUT2D eigenvalue weighted by Crippen LogP contribution is 2.35. The van der Waals surface area contributed by atoms with Crippen molar-refractivity contribution in [3.05, 3.63) is 53.6 Å². The maximum absolute atomic E-state index is 14.0. The lowest BCUT2D eigenvalue weighted by Gasteiger charge is -2.12. The van der Waals surface area contributed by atoms with Crippen molar-refractivity contribution in [1.82, 2.24) is 4.98 Å². The number of methoxy groups -OCH3 is 2. The largest absolute Gasteiger partial charge is 0.493 e. The molecule has 0 aliphatic carbocycles. The number of benzene rings is 2. The molecule has 0 saturated carbocycles. The molecule has 0 bridgehead atoms. The Bertz CT molecular complexity index is 874. The van der Waals surface area contributed by atoms with Gasteiger partial charge in [-0.1, -0.05) is 6.07 Å². The smallest absolute Gasteiger partial charge is 0.162 e. The zero-order valence-electron chi connectivity index (χ0n) is 13.0. The minimum absolute atomic E-state index is 0.132. The number of nitrogens with zero attached hydrogens (tertiary/aromatic N) is 1. The van der Waals surface area contributed by atoms with Crippen LogP contribution in [0.2, 0.25) is 0 Å². The molecule has 2 aromatic carbocycles. The molecule has 1 aromatic heterocycles. The van der Waals surface area contributed by atoms with Gasteiger partial charge in [-0.05, 0) is 36.8 Å². The van der Waals surface area contributed by atoms with Gasteiger partial charge in [0.05, 0.1) is 31.0 Å². The Labute approximate surface area is 132 Å². The van der Waals surface area contributed by atoms with Gasteiger partial charge in [0, 0.05) is 11.5 Å². The third-order valence-corrected chi connectivity index (χ3v) is 3.74. The van der Waals surface area contributed by atoms with Gasteiger partial charge in [-0.15, -0.1) is 0 Å². The minimum Gasteiger partial charge on any atom is -0.493 e. The Morgan fingerprint density at radius 3 is 2.13 bits per heavy atom. The van der Waals surface area contributed by atoms with Gasteiger partial charge in [0.15, 0.2) is 11.5 Å². The van der Waals surface area contributed by atoms with Crippen LogP contribution in [0, 0.1) is 18.6 Å². The van der Waals surface area contributed by atoms with E-state index in [2.05, 4.69) is 4.98 Å². The van der Waals surface area contributed by atoms with Crippen molar-refractivity contribution in [3.8, 4) is 22.8 Å². The van der Waals surface area contributed by atoms with E-state index < -0.39 is 11.6 Å². The quantitative estimate of drug-likeness (QED) is 0.713. The topological polar surface area (TPSA) is 31.4 Å². The van der Waals surface area contributed by atoms with Gasteiger partial charge in [-0.25, -0.2) is 13.8 Å². The van der Waals surface area contributed by atoms with Crippen LogP contribution in [-0.4, -0.2) is 19.2 Å². The van der Waals surface area contributed by atoms with Crippen LogP contribution in [-0.2, 0) is 0 Å². The number of aryl methyl sites for hydroxylation is 1. The molecule has 3 aromatic rings. The van der Waals surface area contributed by atoms with Crippen LogP contribution >= 0.6 is 0 Å². The molecule has 0 spiro atoms. The van der Waals surface area contributed by atoms with E-state index >= 15 is 0 Å². The zero-order chi connectivity index (χ0) is 16.6. The Kier molecular flexibility index (Phi) is 3.86. The number of hydrogen-bond donors (Lipinski definition) is 0. The average molecular weight is 315 g/mol. The molecule has 5 heteroatoms. The summed E-state index contributed by atoms with van der Waals surface area (Å²) in [6.07, 6.45) is 0. The maximum atomic E-state index is 14.0. The summed E-state index contributed by atoms with van der Waals surface area (Å²) in [6.45, 7) is 1.86. The first-order valence-corrected chi connectivity index (χ1v) is 7.03. The molecule has 118 valence electrons. The van der Waals surface area contributed by atoms with E-state index in [4.69, 9.17) is 9.47 Å². The summed E-state index contributed by atoms with van der Waals surface area (Å²) in [4.78, 5) is 4.40. The van der Waals surface area contributed by atoms with Crippen LogP contribution in [0.1, 0.15) is 5.56 Å². The number of fused-ring (bicyclic) bond motifs is 1. The second kappa shape index (κ2) is 5.83. The summed E-state index contributed by atoms with van der Waals surface area (Å²) in [7, 11) is 3.08. The predicted molar refractivity (Wildman–Crippen MR) is 84.9 cm³/mol. The summed E-state index contributed by atoms with van der Waals surface area (Å²) in [5, 5.41) is 0.836. The SMILES string of the molecule is COc1cc2nc(-c3c(F)cccc3F)cc(C)c2cc1OC. The van der Waals surface area contributed by atoms with Gasteiger partial charge in [-0.2, -0.15) is 0 Å². The van der Waals surface area contributed by atoms with Gasteiger partial charge >= 0.3 is 0 Å². The number of rotatable bonds is 3. The fourth-order valence-electron chi connectivity index (χ4n) is 2.59. The molecule has 0 N–H and O–H groups in total. The Morgan fingerprint density at radius 2 is 1.52 bits per heavy atom. The molecule has 0 aliphatic rings. The predicted octanol–water partition coefficient (Wildman–Crippen LogP) is 4.51. The minimum atomic E-state index is -0.642. The average Bonchev–Trinajstić information content (AvgIpc) is 2.53. The van der Waals surface area contributed by atoms with Crippen molar-refractivity contribution in [2.75, 3.05) is 14.2 Å². The summed E-state index contributed by atoms with van der Waals surface area (Å²) in [5.74, 6) is -0.193. The number of pyridine rings is 1. The third-order valence-electron chi connectivity index (χ3n) is 3.74. The molecule has 0 atom stereocenters. The first-order valence-electron chi connectivity index (χ1n) is 7.03. The molecule has 3 rings (SSSR count). The second-order valence-electron chi connectivity index (χ2n) is 5.15. The molecule has 0 aliphatic heterocycles. The first kappa shape index (κ1) is 15.2. The molecule has 0 fully saturated rings. The Morgan fingerprint density at radius 1 is 0.913 bits per heavy atom. The van der Waals surface area contributed by atoms with E-state index in [0.717, 1.165) is 10.9 Å². The van der Waals surface area contributed by atoms with Gasteiger partial charge in [-0.3, -0.25) is 0 Å². The van der Waals surface area contributed by atoms with Gasteiger partial charge < -0.3 is 9.47 Å². The highest BCUT2D eigenvalue weighted by atomic mass is 19.1. The Balaban J connectivity index is 2.29.